The molecule has 12 N–H and O–H groups in total. The average Bonchev–Trinajstić information content (AvgIpc) is 0.961. The fourth-order valence-electron chi connectivity index (χ4n) is 18.0. The number of piperidine rings is 4. The summed E-state index contributed by atoms with van der Waals surface area (Å²) in [5.41, 5.74) is 25.5. The Morgan fingerprint density at radius 2 is 0.701 bits per heavy atom. The van der Waals surface area contributed by atoms with Gasteiger partial charge in [-0.1, -0.05) is 0 Å². The number of rotatable bonds is 17. The summed E-state index contributed by atoms with van der Waals surface area (Å²) in [6.45, 7) is 9.79. The van der Waals surface area contributed by atoms with Crippen molar-refractivity contribution in [1.82, 2.24) is 97.9 Å². The number of aromatic nitrogens is 16. The Labute approximate surface area is 772 Å². The zero-order valence-corrected chi connectivity index (χ0v) is 73.6. The molecule has 20 heterocycles. The number of nitrogen functional groups attached to an aromatic ring is 4. The highest BCUT2D eigenvalue weighted by molar-refractivity contribution is 6.15. The van der Waals surface area contributed by atoms with E-state index in [-0.39, 0.29) is 174 Å². The Morgan fingerprint density at radius 1 is 0.401 bits per heavy atom. The largest absolute Gasteiger partial charge is 0.381 e. The zero-order chi connectivity index (χ0) is 96.5. The van der Waals surface area contributed by atoms with Crippen LogP contribution in [0.4, 0.5) is 104 Å². The number of hydrogen-bond acceptors (Lipinski definition) is 30. The number of methoxy groups -OCH3 is 1. The lowest BCUT2D eigenvalue weighted by Gasteiger charge is -2.48. The number of ether oxygens (including phenoxy) is 1. The first-order valence-electron chi connectivity index (χ1n) is 43.9. The molecule has 0 spiro atoms. The summed E-state index contributed by atoms with van der Waals surface area (Å²) >= 11 is 0. The van der Waals surface area contributed by atoms with Gasteiger partial charge in [-0.3, -0.25) is 58.3 Å². The molecule has 0 bridgehead atoms. The number of carbonyl (C=O) groups is 8. The van der Waals surface area contributed by atoms with Crippen LogP contribution < -0.4 is 63.8 Å². The van der Waals surface area contributed by atoms with E-state index in [0.717, 1.165) is 124 Å². The third-order valence-electron chi connectivity index (χ3n) is 25.4. The maximum absolute atomic E-state index is 14.9. The standard InChI is InChI=1S/C23H26F2N8O3.C22H21F2N9O2.C21H21F3N8O2.C21H23FN8O2/c1-23(36-2)11-32(12-23)22(35)13-3-5-31(6-4-13)18-15(25)8-27-9-16(18)29-21(34)17-19(26)30-33-10-14(24)7-28-20(17)33;23-14-6-28-20-17(19(26)30-33(20)11-14)21(34)29-16-8-27-7-15(24)18(16)31-3-1-13(2-4-31)22(35)32-9-12(5-25)10-32;22-12-5-27-19-16(18(25)29-32(19)10-12)20(33)28-15-7-26-6-14(24)17(15)30-3-1-11(2-4-30)21(34)31-8-13(23)9-31;22-14-10-25-19-17(18(23)27-30(19)12-14)20(31)26-15-11-24-5-2-16(15)28-8-3-13(4-9-28)21(32)29-6-1-7-29/h7-10,13H,3-6,11-12H2,1-2H3,(H2,26,30)(H,29,34);6-8,11-13H,1-4,9-10H2,(H2,26,30)(H,29,34);5-7,10-11,13H,1-4,8-9H2,(H2,25,29)(H,28,33);2,5,10-13H,1,3-4,6-9H2,(H2,23,27)(H,26,31). The van der Waals surface area contributed by atoms with Gasteiger partial charge in [0, 0.05) is 116 Å². The van der Waals surface area contributed by atoms with Gasteiger partial charge in [0.05, 0.1) is 165 Å². The number of nitriles is 1. The molecule has 0 unspecified atom stereocenters. The van der Waals surface area contributed by atoms with Gasteiger partial charge in [0.2, 0.25) is 23.6 Å². The number of pyridine rings is 4. The lowest BCUT2D eigenvalue weighted by atomic mass is 9.90. The Bertz CT molecular complexity index is 6720. The number of hydrogen-bond donors (Lipinski definition) is 8. The van der Waals surface area contributed by atoms with Crippen molar-refractivity contribution in [2.45, 2.75) is 76.5 Å². The van der Waals surface area contributed by atoms with Crippen LogP contribution in [-0.4, -0.2) is 269 Å². The second-order valence-electron chi connectivity index (χ2n) is 34.4. The lowest BCUT2D eigenvalue weighted by Crippen LogP contribution is -2.64. The van der Waals surface area contributed by atoms with Crippen LogP contribution in [0.25, 0.3) is 22.6 Å². The van der Waals surface area contributed by atoms with Gasteiger partial charge < -0.3 is 88.1 Å². The highest BCUT2D eigenvalue weighted by Crippen LogP contribution is 2.40. The molecule has 0 atom stereocenters. The molecule has 50 heteroatoms. The van der Waals surface area contributed by atoms with Gasteiger partial charge in [-0.2, -0.15) is 5.26 Å². The van der Waals surface area contributed by atoms with Crippen molar-refractivity contribution in [1.29, 1.82) is 5.26 Å². The van der Waals surface area contributed by atoms with Crippen LogP contribution in [-0.2, 0) is 23.9 Å². The molecular weight excluding hydrogens is 1800 g/mol. The predicted octanol–water partition coefficient (Wildman–Crippen LogP) is 6.32. The van der Waals surface area contributed by atoms with Gasteiger partial charge in [-0.25, -0.2) is 73.1 Å². The summed E-state index contributed by atoms with van der Waals surface area (Å²) in [6.07, 6.45) is 23.1. The van der Waals surface area contributed by atoms with Gasteiger partial charge in [-0.15, -0.1) is 20.4 Å². The smallest absolute Gasteiger partial charge is 0.263 e. The van der Waals surface area contributed by atoms with Gasteiger partial charge in [0.25, 0.3) is 23.6 Å². The number of alkyl halides is 1. The van der Waals surface area contributed by atoms with Crippen LogP contribution in [0.5, 0.6) is 0 Å². The van der Waals surface area contributed by atoms with Crippen LogP contribution >= 0.6 is 0 Å². The lowest BCUT2D eigenvalue weighted by molar-refractivity contribution is -0.162. The minimum Gasteiger partial charge on any atom is -0.381 e. The number of nitrogens with two attached hydrogens (primary N) is 4. The fourth-order valence-corrected chi connectivity index (χ4v) is 18.0. The van der Waals surface area contributed by atoms with Crippen molar-refractivity contribution in [3.63, 3.8) is 0 Å². The molecule has 12 aromatic rings. The molecule has 42 nitrogen and oxygen atoms in total. The van der Waals surface area contributed by atoms with E-state index in [9.17, 15) is 73.5 Å². The Hall–Kier alpha value is -15.9. The van der Waals surface area contributed by atoms with E-state index < -0.39 is 70.5 Å². The van der Waals surface area contributed by atoms with E-state index in [2.05, 4.69) is 92.5 Å². The average molecular weight is 1890 g/mol. The Kier molecular flexibility index (Phi) is 26.5. The SMILES string of the molecule is COC1(C)CN(C(=O)C2CCN(c3c(F)cncc3NC(=O)c3c(N)nn4cc(F)cnc34)CC2)C1.N#CC1CN(C(=O)C2CCN(c3c(F)cncc3NC(=O)c3c(N)nn4cc(F)cnc34)CC2)C1.Nc1nn2cc(F)cnc2c1C(=O)Nc1cncc(F)c1N1CCC(C(=O)N2CC(F)C2)CC1.Nc1nn2cc(F)cnc2c1C(=O)Nc1cnccc1N1CCC(C(=O)N2CCC2)CC1. The molecule has 137 heavy (non-hydrogen) atoms. The normalized spacial score (nSPS) is 17.1. The first kappa shape index (κ1) is 93.0. The summed E-state index contributed by atoms with van der Waals surface area (Å²) in [5, 5.41) is 35.3. The number of carbonyl (C=O) groups excluding carboxylic acids is 8. The fraction of sp³-hybridized carbons (Fsp3) is 0.391. The van der Waals surface area contributed by atoms with Crippen molar-refractivity contribution >= 4 is 139 Å². The molecule has 0 aromatic carbocycles. The van der Waals surface area contributed by atoms with E-state index >= 15 is 0 Å². The number of nitrogens with zero attached hydrogens (tertiary/aromatic N) is 25. The molecule has 20 rings (SSSR count). The summed E-state index contributed by atoms with van der Waals surface area (Å²) < 4.78 is 121. The number of anilines is 12. The van der Waals surface area contributed by atoms with Crippen molar-refractivity contribution in [3.8, 4) is 6.07 Å². The van der Waals surface area contributed by atoms with Crippen LogP contribution in [0.2, 0.25) is 0 Å². The van der Waals surface area contributed by atoms with Crippen molar-refractivity contribution in [3.05, 3.63) is 168 Å². The predicted molar refractivity (Wildman–Crippen MR) is 478 cm³/mol. The molecular formula is C87H91F8N33O9. The summed E-state index contributed by atoms with van der Waals surface area (Å²) in [5.74, 6) is -7.88. The molecule has 12 aromatic heterocycles. The van der Waals surface area contributed by atoms with E-state index in [1.807, 2.05) is 17.9 Å². The van der Waals surface area contributed by atoms with Gasteiger partial charge in [0.1, 0.15) is 45.5 Å². The van der Waals surface area contributed by atoms with Gasteiger partial charge in [0.15, 0.2) is 86.6 Å². The van der Waals surface area contributed by atoms with E-state index in [1.165, 1.54) is 23.5 Å². The molecule has 8 aliphatic heterocycles. The third kappa shape index (κ3) is 19.4. The summed E-state index contributed by atoms with van der Waals surface area (Å²) in [6, 6.07) is 3.99. The summed E-state index contributed by atoms with van der Waals surface area (Å²) in [7, 11) is 1.64. The maximum atomic E-state index is 14.9. The molecule has 8 fully saturated rings. The van der Waals surface area contributed by atoms with Crippen molar-refractivity contribution in [2.24, 2.45) is 29.6 Å². The van der Waals surface area contributed by atoms with Crippen LogP contribution in [0.1, 0.15) is 106 Å². The number of nitrogens with one attached hydrogen (secondary N) is 4. The second kappa shape index (κ2) is 39.0. The maximum Gasteiger partial charge on any atom is 0.263 e. The summed E-state index contributed by atoms with van der Waals surface area (Å²) in [4.78, 5) is 148. The zero-order valence-electron chi connectivity index (χ0n) is 73.6. The number of amides is 8. The monoisotopic (exact) mass is 1890 g/mol. The van der Waals surface area contributed by atoms with Crippen molar-refractivity contribution < 1.29 is 78.2 Å². The van der Waals surface area contributed by atoms with Crippen LogP contribution in [0.15, 0.2) is 105 Å². The highest BCUT2D eigenvalue weighted by Gasteiger charge is 2.45. The highest BCUT2D eigenvalue weighted by atomic mass is 19.2. The minimum atomic E-state index is -0.961. The molecule has 0 saturated carbocycles. The Balaban J connectivity index is 0.000000127. The molecule has 8 aliphatic rings. The molecule has 8 saturated heterocycles. The molecule has 8 amide bonds. The quantitative estimate of drug-likeness (QED) is 0.0462. The van der Waals surface area contributed by atoms with E-state index in [0.29, 0.717) is 123 Å². The second-order valence-corrected chi connectivity index (χ2v) is 34.4. The van der Waals surface area contributed by atoms with Crippen LogP contribution in [0, 0.1) is 81.6 Å². The van der Waals surface area contributed by atoms with E-state index in [1.54, 1.807) is 44.0 Å². The Morgan fingerprint density at radius 3 is 1.01 bits per heavy atom. The molecule has 0 radical (unpaired) electrons. The first-order valence-corrected chi connectivity index (χ1v) is 43.9. The molecule has 714 valence electrons. The van der Waals surface area contributed by atoms with E-state index in [4.69, 9.17) is 32.9 Å². The van der Waals surface area contributed by atoms with Gasteiger partial charge >= 0.3 is 0 Å². The molecule has 0 aliphatic carbocycles. The third-order valence-corrected chi connectivity index (χ3v) is 25.4. The first-order chi connectivity index (χ1) is 65.9. The van der Waals surface area contributed by atoms with Crippen LogP contribution in [0.3, 0.4) is 0 Å². The number of fused-ring (bicyclic) bond motifs is 4. The number of halogens is 8. The number of likely N-dealkylation sites (tertiary alicyclic amines) is 4. The van der Waals surface area contributed by atoms with Crippen molar-refractivity contribution in [2.75, 3.05) is 176 Å². The minimum absolute atomic E-state index is 0.0207. The topological polar surface area (TPSA) is 520 Å². The van der Waals surface area contributed by atoms with Gasteiger partial charge in [-0.05, 0) is 70.8 Å².